The van der Waals surface area contributed by atoms with E-state index in [2.05, 4.69) is 26.0 Å². The third-order valence-electron chi connectivity index (χ3n) is 3.84. The number of aromatic amines is 1. The molecule has 0 aliphatic heterocycles. The van der Waals surface area contributed by atoms with Gasteiger partial charge in [0, 0.05) is 29.2 Å². The zero-order chi connectivity index (χ0) is 13.3. The molecular weight excluding hydrogens is 276 g/mol. The van der Waals surface area contributed by atoms with Crippen LogP contribution < -0.4 is 0 Å². The van der Waals surface area contributed by atoms with E-state index in [9.17, 15) is 0 Å². The van der Waals surface area contributed by atoms with Crippen LogP contribution in [0.5, 0.6) is 0 Å². The van der Waals surface area contributed by atoms with E-state index >= 15 is 0 Å². The maximum Gasteiger partial charge on any atom is 0.195 e. The van der Waals surface area contributed by atoms with E-state index in [1.54, 1.807) is 12.4 Å². The number of aromatic nitrogens is 4. The first-order chi connectivity index (χ1) is 9.24. The van der Waals surface area contributed by atoms with E-state index in [0.717, 1.165) is 17.9 Å². The summed E-state index contributed by atoms with van der Waals surface area (Å²) in [5, 5.41) is 7.29. The molecule has 0 unspecified atom stereocenters. The monoisotopic (exact) mass is 292 g/mol. The summed E-state index contributed by atoms with van der Waals surface area (Å²) >= 11 is 7.33. The smallest absolute Gasteiger partial charge is 0.195 e. The van der Waals surface area contributed by atoms with Gasteiger partial charge in [-0.2, -0.15) is 16.9 Å². The number of nitrogens with one attached hydrogen (secondary N) is 1. The van der Waals surface area contributed by atoms with Crippen LogP contribution in [0.2, 0.25) is 0 Å². The topological polar surface area (TPSA) is 46.5 Å². The van der Waals surface area contributed by atoms with Crippen LogP contribution in [0.15, 0.2) is 24.5 Å². The van der Waals surface area contributed by atoms with Gasteiger partial charge in [-0.15, -0.1) is 0 Å². The summed E-state index contributed by atoms with van der Waals surface area (Å²) in [5.41, 5.74) is 1.05. The number of thioether (sulfide) groups is 1. The van der Waals surface area contributed by atoms with E-state index < -0.39 is 0 Å². The largest absolute Gasteiger partial charge is 0.299 e. The summed E-state index contributed by atoms with van der Waals surface area (Å²) in [5.74, 6) is 0.910. The Hall–Kier alpha value is -1.14. The van der Waals surface area contributed by atoms with Crippen molar-refractivity contribution in [2.45, 2.75) is 30.6 Å². The van der Waals surface area contributed by atoms with Gasteiger partial charge in [0.1, 0.15) is 0 Å². The molecule has 0 saturated heterocycles. The molecule has 0 atom stereocenters. The van der Waals surface area contributed by atoms with Gasteiger partial charge in [-0.3, -0.25) is 14.6 Å². The molecule has 19 heavy (non-hydrogen) atoms. The normalized spacial score (nSPS) is 17.1. The average molecular weight is 292 g/mol. The molecule has 2 aromatic rings. The summed E-state index contributed by atoms with van der Waals surface area (Å²) in [6, 6.07) is 3.93. The highest BCUT2D eigenvalue weighted by Crippen LogP contribution is 2.44. The summed E-state index contributed by atoms with van der Waals surface area (Å²) in [7, 11) is 0. The van der Waals surface area contributed by atoms with Gasteiger partial charge in [-0.1, -0.05) is 6.42 Å². The van der Waals surface area contributed by atoms with Crippen molar-refractivity contribution in [1.29, 1.82) is 0 Å². The van der Waals surface area contributed by atoms with Gasteiger partial charge in [0.05, 0.1) is 0 Å². The van der Waals surface area contributed by atoms with Gasteiger partial charge in [-0.25, -0.2) is 0 Å². The maximum absolute atomic E-state index is 5.38. The summed E-state index contributed by atoms with van der Waals surface area (Å²) < 4.78 is 3.16. The van der Waals surface area contributed by atoms with Crippen molar-refractivity contribution in [3.8, 4) is 11.4 Å². The number of H-pyrrole nitrogens is 1. The molecule has 3 rings (SSSR count). The Bertz CT molecular complexity index is 608. The first-order valence-corrected chi connectivity index (χ1v) is 7.98. The molecule has 0 bridgehead atoms. The summed E-state index contributed by atoms with van der Waals surface area (Å²) in [4.78, 5) is 4.05. The SMILES string of the molecule is CSC1(Cn2c(-c3ccncc3)n[nH]c2=S)CCC1. The molecule has 1 fully saturated rings. The van der Waals surface area contributed by atoms with E-state index in [4.69, 9.17) is 12.2 Å². The second-order valence-corrected chi connectivity index (χ2v) is 6.58. The van der Waals surface area contributed by atoms with Crippen LogP contribution in [0, 0.1) is 4.77 Å². The zero-order valence-electron chi connectivity index (χ0n) is 10.8. The van der Waals surface area contributed by atoms with Gasteiger partial charge < -0.3 is 0 Å². The van der Waals surface area contributed by atoms with Crippen molar-refractivity contribution >= 4 is 24.0 Å². The Kier molecular flexibility index (Phi) is 3.45. The Morgan fingerprint density at radius 1 is 1.42 bits per heavy atom. The molecule has 4 nitrogen and oxygen atoms in total. The van der Waals surface area contributed by atoms with Crippen molar-refractivity contribution in [1.82, 2.24) is 19.7 Å². The predicted molar refractivity (Wildman–Crippen MR) is 80.7 cm³/mol. The molecule has 0 spiro atoms. The van der Waals surface area contributed by atoms with Crippen LogP contribution >= 0.6 is 24.0 Å². The molecule has 2 heterocycles. The van der Waals surface area contributed by atoms with Crippen molar-refractivity contribution in [2.75, 3.05) is 6.26 Å². The van der Waals surface area contributed by atoms with Crippen LogP contribution in [0.25, 0.3) is 11.4 Å². The lowest BCUT2D eigenvalue weighted by atomic mass is 9.84. The lowest BCUT2D eigenvalue weighted by Gasteiger charge is -2.40. The fraction of sp³-hybridized carbons (Fsp3) is 0.462. The van der Waals surface area contributed by atoms with Crippen LogP contribution in [0.3, 0.4) is 0 Å². The van der Waals surface area contributed by atoms with E-state index in [1.807, 2.05) is 23.9 Å². The Morgan fingerprint density at radius 2 is 2.16 bits per heavy atom. The van der Waals surface area contributed by atoms with E-state index in [1.165, 1.54) is 19.3 Å². The van der Waals surface area contributed by atoms with Crippen LogP contribution in [0.4, 0.5) is 0 Å². The second-order valence-electron chi connectivity index (χ2n) is 4.92. The van der Waals surface area contributed by atoms with Crippen molar-refractivity contribution < 1.29 is 0 Å². The predicted octanol–water partition coefficient (Wildman–Crippen LogP) is 3.29. The molecule has 100 valence electrons. The second kappa shape index (κ2) is 5.09. The third kappa shape index (κ3) is 2.34. The maximum atomic E-state index is 5.38. The number of rotatable bonds is 4. The van der Waals surface area contributed by atoms with Crippen LogP contribution in [-0.2, 0) is 6.54 Å². The summed E-state index contributed by atoms with van der Waals surface area (Å²) in [6.45, 7) is 0.932. The van der Waals surface area contributed by atoms with Gasteiger partial charge in [-0.05, 0) is 43.4 Å². The molecule has 0 amide bonds. The van der Waals surface area contributed by atoms with Gasteiger partial charge in [0.15, 0.2) is 10.6 Å². The lowest BCUT2D eigenvalue weighted by molar-refractivity contribution is 0.321. The van der Waals surface area contributed by atoms with Crippen molar-refractivity contribution in [3.05, 3.63) is 29.3 Å². The minimum absolute atomic E-state index is 0.337. The quantitative estimate of drug-likeness (QED) is 0.878. The average Bonchev–Trinajstić information content (AvgIpc) is 2.76. The summed E-state index contributed by atoms with van der Waals surface area (Å²) in [6.07, 6.45) is 9.59. The molecule has 0 radical (unpaired) electrons. The lowest BCUT2D eigenvalue weighted by Crippen LogP contribution is -2.38. The highest BCUT2D eigenvalue weighted by molar-refractivity contribution is 8.00. The molecule has 2 aromatic heterocycles. The van der Waals surface area contributed by atoms with Crippen molar-refractivity contribution in [2.24, 2.45) is 0 Å². The van der Waals surface area contributed by atoms with E-state index in [-0.39, 0.29) is 0 Å². The molecule has 1 aliphatic rings. The molecule has 1 N–H and O–H groups in total. The standard InChI is InChI=1S/C13H16N4S2/c1-19-13(5-2-6-13)9-17-11(15-16-12(17)18)10-3-7-14-8-4-10/h3-4,7-8H,2,5-6,9H2,1H3,(H,16,18). The highest BCUT2D eigenvalue weighted by Gasteiger charge is 2.37. The first-order valence-electron chi connectivity index (χ1n) is 6.35. The van der Waals surface area contributed by atoms with Crippen LogP contribution in [0.1, 0.15) is 19.3 Å². The number of hydrogen-bond donors (Lipinski definition) is 1. The zero-order valence-corrected chi connectivity index (χ0v) is 12.4. The minimum Gasteiger partial charge on any atom is -0.299 e. The number of pyridine rings is 1. The Labute approximate surface area is 121 Å². The van der Waals surface area contributed by atoms with Crippen LogP contribution in [-0.4, -0.2) is 30.8 Å². The highest BCUT2D eigenvalue weighted by atomic mass is 32.2. The number of hydrogen-bond acceptors (Lipinski definition) is 4. The third-order valence-corrected chi connectivity index (χ3v) is 5.56. The van der Waals surface area contributed by atoms with E-state index in [0.29, 0.717) is 9.52 Å². The minimum atomic E-state index is 0.337. The molecule has 6 heteroatoms. The Morgan fingerprint density at radius 3 is 2.74 bits per heavy atom. The van der Waals surface area contributed by atoms with Gasteiger partial charge in [0.2, 0.25) is 0 Å². The van der Waals surface area contributed by atoms with Crippen molar-refractivity contribution in [3.63, 3.8) is 0 Å². The first kappa shape index (κ1) is 12.9. The van der Waals surface area contributed by atoms with Gasteiger partial charge >= 0.3 is 0 Å². The molecule has 0 aromatic carbocycles. The fourth-order valence-corrected chi connectivity index (χ4v) is 3.62. The fourth-order valence-electron chi connectivity index (χ4n) is 2.47. The number of nitrogens with zero attached hydrogens (tertiary/aromatic N) is 3. The van der Waals surface area contributed by atoms with Gasteiger partial charge in [0.25, 0.3) is 0 Å². The molecule has 1 saturated carbocycles. The molecular formula is C13H16N4S2. The molecule has 1 aliphatic carbocycles. The Balaban J connectivity index is 1.98.